The first-order valence-electron chi connectivity index (χ1n) is 7.98. The van der Waals surface area contributed by atoms with E-state index in [1.54, 1.807) is 7.11 Å². The number of hydrogen-bond acceptors (Lipinski definition) is 2. The minimum Gasteiger partial charge on any atom is -0.496 e. The Labute approximate surface area is 134 Å². The van der Waals surface area contributed by atoms with Crippen LogP contribution in [0.15, 0.2) is 35.3 Å². The number of rotatable bonds is 8. The molecule has 4 heteroatoms. The molecule has 1 rings (SSSR count). The first-order chi connectivity index (χ1) is 10.7. The first kappa shape index (κ1) is 18.1. The zero-order valence-corrected chi connectivity index (χ0v) is 14.3. The average Bonchev–Trinajstić information content (AvgIpc) is 2.51. The summed E-state index contributed by atoms with van der Waals surface area (Å²) in [6.45, 7) is 8.70. The lowest BCUT2D eigenvalue weighted by Crippen LogP contribution is -2.38. The molecular formula is C18H29N3O. The summed E-state index contributed by atoms with van der Waals surface area (Å²) in [5, 5.41) is 6.65. The van der Waals surface area contributed by atoms with Gasteiger partial charge in [0.1, 0.15) is 5.75 Å². The molecule has 0 saturated carbocycles. The van der Waals surface area contributed by atoms with Crippen molar-refractivity contribution in [2.24, 2.45) is 4.99 Å². The molecule has 0 saturated heterocycles. The Bertz CT molecular complexity index is 495. The van der Waals surface area contributed by atoms with E-state index in [9.17, 15) is 0 Å². The summed E-state index contributed by atoms with van der Waals surface area (Å²) >= 11 is 0. The van der Waals surface area contributed by atoms with Crippen molar-refractivity contribution in [2.45, 2.75) is 33.6 Å². The van der Waals surface area contributed by atoms with E-state index in [0.29, 0.717) is 0 Å². The maximum Gasteiger partial charge on any atom is 0.191 e. The van der Waals surface area contributed by atoms with Crippen LogP contribution in [0.5, 0.6) is 5.75 Å². The Morgan fingerprint density at radius 3 is 2.82 bits per heavy atom. The van der Waals surface area contributed by atoms with Gasteiger partial charge in [-0.3, -0.25) is 4.99 Å². The lowest BCUT2D eigenvalue weighted by molar-refractivity contribution is 0.409. The van der Waals surface area contributed by atoms with Crippen LogP contribution in [0, 0.1) is 6.92 Å². The third kappa shape index (κ3) is 6.66. The van der Waals surface area contributed by atoms with Gasteiger partial charge in [0, 0.05) is 19.6 Å². The molecule has 1 aromatic carbocycles. The van der Waals surface area contributed by atoms with Crippen molar-refractivity contribution < 1.29 is 4.74 Å². The third-order valence-corrected chi connectivity index (χ3v) is 3.27. The van der Waals surface area contributed by atoms with E-state index < -0.39 is 0 Å². The number of allylic oxidation sites excluding steroid dienone is 1. The molecule has 22 heavy (non-hydrogen) atoms. The number of guanidine groups is 1. The van der Waals surface area contributed by atoms with E-state index >= 15 is 0 Å². The number of aryl methyl sites for hydroxylation is 1. The van der Waals surface area contributed by atoms with E-state index in [1.165, 1.54) is 11.1 Å². The normalized spacial score (nSPS) is 11.7. The zero-order valence-electron chi connectivity index (χ0n) is 14.3. The van der Waals surface area contributed by atoms with Gasteiger partial charge in [-0.15, -0.1) is 0 Å². The second kappa shape index (κ2) is 10.7. The molecule has 1 aromatic rings. The highest BCUT2D eigenvalue weighted by Gasteiger charge is 2.04. The fourth-order valence-electron chi connectivity index (χ4n) is 2.18. The highest BCUT2D eigenvalue weighted by atomic mass is 16.5. The summed E-state index contributed by atoms with van der Waals surface area (Å²) < 4.78 is 5.42. The van der Waals surface area contributed by atoms with Gasteiger partial charge in [0.05, 0.1) is 7.11 Å². The monoisotopic (exact) mass is 303 g/mol. The Kier molecular flexibility index (Phi) is 8.80. The summed E-state index contributed by atoms with van der Waals surface area (Å²) in [6, 6.07) is 6.28. The van der Waals surface area contributed by atoms with E-state index in [-0.39, 0.29) is 0 Å². The molecule has 0 aromatic heterocycles. The van der Waals surface area contributed by atoms with E-state index in [2.05, 4.69) is 53.8 Å². The third-order valence-electron chi connectivity index (χ3n) is 3.27. The van der Waals surface area contributed by atoms with Crippen LogP contribution in [0.25, 0.3) is 0 Å². The molecule has 0 aliphatic carbocycles. The van der Waals surface area contributed by atoms with Crippen LogP contribution in [0.1, 0.15) is 31.4 Å². The minimum absolute atomic E-state index is 0.799. The second-order valence-corrected chi connectivity index (χ2v) is 5.11. The molecule has 0 aliphatic heterocycles. The molecule has 122 valence electrons. The van der Waals surface area contributed by atoms with Gasteiger partial charge in [0.2, 0.25) is 0 Å². The van der Waals surface area contributed by atoms with E-state index in [1.807, 2.05) is 13.0 Å². The first-order valence-corrected chi connectivity index (χ1v) is 7.98. The predicted molar refractivity (Wildman–Crippen MR) is 94.8 cm³/mol. The van der Waals surface area contributed by atoms with Crippen molar-refractivity contribution in [2.75, 3.05) is 26.7 Å². The summed E-state index contributed by atoms with van der Waals surface area (Å²) in [5.41, 5.74) is 2.47. The van der Waals surface area contributed by atoms with Crippen molar-refractivity contribution in [3.8, 4) is 5.75 Å². The van der Waals surface area contributed by atoms with Crippen LogP contribution < -0.4 is 15.4 Å². The van der Waals surface area contributed by atoms with Crippen molar-refractivity contribution >= 4 is 5.96 Å². The number of hydrogen-bond donors (Lipinski definition) is 2. The van der Waals surface area contributed by atoms with Crippen LogP contribution >= 0.6 is 0 Å². The number of benzene rings is 1. The van der Waals surface area contributed by atoms with Crippen molar-refractivity contribution in [1.29, 1.82) is 0 Å². The molecule has 0 atom stereocenters. The molecule has 0 spiro atoms. The topological polar surface area (TPSA) is 45.7 Å². The number of ether oxygens (including phenoxy) is 1. The fourth-order valence-corrected chi connectivity index (χ4v) is 2.18. The quantitative estimate of drug-likeness (QED) is 0.336. The fraction of sp³-hybridized carbons (Fsp3) is 0.500. The minimum atomic E-state index is 0.799. The number of aliphatic imine (C=N–C) groups is 1. The van der Waals surface area contributed by atoms with Gasteiger partial charge in [-0.05, 0) is 45.2 Å². The van der Waals surface area contributed by atoms with Crippen LogP contribution in [0.4, 0.5) is 0 Å². The summed E-state index contributed by atoms with van der Waals surface area (Å²) in [7, 11) is 1.72. The molecule has 0 heterocycles. The van der Waals surface area contributed by atoms with Crippen molar-refractivity contribution in [3.63, 3.8) is 0 Å². The van der Waals surface area contributed by atoms with Crippen LogP contribution in [-0.2, 0) is 6.42 Å². The molecule has 4 nitrogen and oxygen atoms in total. The maximum atomic E-state index is 5.42. The highest BCUT2D eigenvalue weighted by molar-refractivity contribution is 5.79. The molecule has 0 radical (unpaired) electrons. The molecule has 0 bridgehead atoms. The Hall–Kier alpha value is -1.97. The molecule has 0 amide bonds. The van der Waals surface area contributed by atoms with Crippen LogP contribution in [0.3, 0.4) is 0 Å². The smallest absolute Gasteiger partial charge is 0.191 e. The van der Waals surface area contributed by atoms with E-state index in [0.717, 1.165) is 44.2 Å². The van der Waals surface area contributed by atoms with Crippen molar-refractivity contribution in [3.05, 3.63) is 41.5 Å². The second-order valence-electron chi connectivity index (χ2n) is 5.11. The van der Waals surface area contributed by atoms with Crippen molar-refractivity contribution in [1.82, 2.24) is 10.6 Å². The number of nitrogens with one attached hydrogen (secondary N) is 2. The summed E-state index contributed by atoms with van der Waals surface area (Å²) in [6.07, 6.45) is 6.06. The van der Waals surface area contributed by atoms with Gasteiger partial charge in [-0.1, -0.05) is 29.8 Å². The molecule has 0 fully saturated rings. The summed E-state index contributed by atoms with van der Waals surface area (Å²) in [5.74, 6) is 1.82. The average molecular weight is 303 g/mol. The van der Waals surface area contributed by atoms with Gasteiger partial charge < -0.3 is 15.4 Å². The predicted octanol–water partition coefficient (Wildman–Crippen LogP) is 3.07. The van der Waals surface area contributed by atoms with Gasteiger partial charge in [-0.25, -0.2) is 0 Å². The zero-order chi connectivity index (χ0) is 16.2. The molecule has 2 N–H and O–H groups in total. The number of nitrogens with zero attached hydrogens (tertiary/aromatic N) is 1. The SMILES string of the molecule is C/C=C/CCN=C(NCC)NCCc1cc(C)ccc1OC. The highest BCUT2D eigenvalue weighted by Crippen LogP contribution is 2.19. The molecule has 0 aliphatic rings. The largest absolute Gasteiger partial charge is 0.496 e. The summed E-state index contributed by atoms with van der Waals surface area (Å²) in [4.78, 5) is 4.55. The van der Waals surface area contributed by atoms with Crippen LogP contribution in [0.2, 0.25) is 0 Å². The van der Waals surface area contributed by atoms with Gasteiger partial charge >= 0.3 is 0 Å². The lowest BCUT2D eigenvalue weighted by Gasteiger charge is -2.13. The van der Waals surface area contributed by atoms with Gasteiger partial charge in [0.25, 0.3) is 0 Å². The van der Waals surface area contributed by atoms with E-state index in [4.69, 9.17) is 4.74 Å². The Balaban J connectivity index is 2.53. The van der Waals surface area contributed by atoms with Gasteiger partial charge in [0.15, 0.2) is 5.96 Å². The standard InChI is InChI=1S/C18H29N3O/c1-5-7-8-12-20-18(19-6-2)21-13-11-16-14-15(3)9-10-17(16)22-4/h5,7,9-10,14H,6,8,11-13H2,1-4H3,(H2,19,20,21)/b7-5+. The lowest BCUT2D eigenvalue weighted by atomic mass is 10.1. The molecule has 0 unspecified atom stereocenters. The Morgan fingerprint density at radius 1 is 1.32 bits per heavy atom. The Morgan fingerprint density at radius 2 is 2.14 bits per heavy atom. The van der Waals surface area contributed by atoms with Crippen LogP contribution in [-0.4, -0.2) is 32.7 Å². The molecular weight excluding hydrogens is 274 g/mol. The number of methoxy groups -OCH3 is 1. The maximum absolute atomic E-state index is 5.42. The van der Waals surface area contributed by atoms with Gasteiger partial charge in [-0.2, -0.15) is 0 Å².